The van der Waals surface area contributed by atoms with E-state index in [2.05, 4.69) is 47.6 Å². The zero-order valence-corrected chi connectivity index (χ0v) is 17.6. The van der Waals surface area contributed by atoms with Crippen LogP contribution in [-0.2, 0) is 19.5 Å². The Hall–Kier alpha value is -2.37. The Balaban J connectivity index is 1.47. The zero-order valence-electron chi connectivity index (χ0n) is 17.6. The first-order valence-electron chi connectivity index (χ1n) is 10.6. The molecule has 0 N–H and O–H groups in total. The molecular formula is C24H31N3O2. The second kappa shape index (κ2) is 8.56. The van der Waals surface area contributed by atoms with Crippen LogP contribution in [0.2, 0.25) is 0 Å². The molecule has 0 saturated carbocycles. The number of hydrogen-bond acceptors (Lipinski definition) is 4. The van der Waals surface area contributed by atoms with Crippen molar-refractivity contribution in [2.24, 2.45) is 0 Å². The first-order valence-corrected chi connectivity index (χ1v) is 10.6. The van der Waals surface area contributed by atoms with Gasteiger partial charge in [-0.05, 0) is 19.4 Å². The zero-order chi connectivity index (χ0) is 20.4. The molecule has 0 radical (unpaired) electrons. The van der Waals surface area contributed by atoms with Gasteiger partial charge in [-0.15, -0.1) is 6.58 Å². The highest BCUT2D eigenvalue weighted by Gasteiger charge is 2.31. The van der Waals surface area contributed by atoms with Crippen LogP contribution >= 0.6 is 0 Å². The lowest BCUT2D eigenvalue weighted by Gasteiger charge is -2.34. The van der Waals surface area contributed by atoms with Crippen molar-refractivity contribution >= 4 is 5.91 Å². The van der Waals surface area contributed by atoms with E-state index in [-0.39, 0.29) is 5.91 Å². The average Bonchev–Trinajstić information content (AvgIpc) is 3.05. The Morgan fingerprint density at radius 1 is 1.07 bits per heavy atom. The molecule has 5 heteroatoms. The molecule has 0 bridgehead atoms. The van der Waals surface area contributed by atoms with Crippen molar-refractivity contribution in [3.05, 3.63) is 70.7 Å². The Morgan fingerprint density at radius 3 is 2.48 bits per heavy atom. The number of nitrogens with zero attached hydrogens (tertiary/aromatic N) is 3. The molecule has 0 unspecified atom stereocenters. The van der Waals surface area contributed by atoms with Crippen LogP contribution in [0, 0.1) is 13.8 Å². The second-order valence-electron chi connectivity index (χ2n) is 8.26. The SMILES string of the molecule is C=CCN1CCN(C(=O)c2c(C)oc3c2CN(Cc2ccc(C)cc2)CC3)CC1. The molecule has 1 amide bonds. The van der Waals surface area contributed by atoms with Crippen LogP contribution in [-0.4, -0.2) is 59.9 Å². The summed E-state index contributed by atoms with van der Waals surface area (Å²) < 4.78 is 6.03. The molecule has 1 aromatic heterocycles. The summed E-state index contributed by atoms with van der Waals surface area (Å²) in [5.74, 6) is 1.89. The summed E-state index contributed by atoms with van der Waals surface area (Å²) >= 11 is 0. The number of hydrogen-bond donors (Lipinski definition) is 0. The minimum atomic E-state index is 0.128. The van der Waals surface area contributed by atoms with E-state index in [1.165, 1.54) is 11.1 Å². The van der Waals surface area contributed by atoms with E-state index in [1.54, 1.807) is 0 Å². The number of aryl methyl sites for hydroxylation is 2. The molecular weight excluding hydrogens is 362 g/mol. The van der Waals surface area contributed by atoms with Crippen LogP contribution in [0.4, 0.5) is 0 Å². The van der Waals surface area contributed by atoms with E-state index in [0.717, 1.165) is 81.4 Å². The van der Waals surface area contributed by atoms with Gasteiger partial charge in [0.05, 0.1) is 5.56 Å². The molecule has 4 rings (SSSR count). The number of carbonyl (C=O) groups is 1. The van der Waals surface area contributed by atoms with E-state index in [4.69, 9.17) is 4.42 Å². The van der Waals surface area contributed by atoms with Crippen molar-refractivity contribution in [1.82, 2.24) is 14.7 Å². The number of piperazine rings is 1. The molecule has 2 aliphatic heterocycles. The highest BCUT2D eigenvalue weighted by molar-refractivity contribution is 5.97. The largest absolute Gasteiger partial charge is 0.465 e. The summed E-state index contributed by atoms with van der Waals surface area (Å²) in [6.07, 6.45) is 2.79. The number of amides is 1. The maximum Gasteiger partial charge on any atom is 0.257 e. The Labute approximate surface area is 173 Å². The molecule has 3 heterocycles. The number of fused-ring (bicyclic) bond motifs is 1. The van der Waals surface area contributed by atoms with Crippen LogP contribution < -0.4 is 0 Å². The molecule has 2 aromatic rings. The average molecular weight is 394 g/mol. The summed E-state index contributed by atoms with van der Waals surface area (Å²) in [4.78, 5) is 20.1. The van der Waals surface area contributed by atoms with E-state index >= 15 is 0 Å². The van der Waals surface area contributed by atoms with Gasteiger partial charge in [-0.25, -0.2) is 0 Å². The van der Waals surface area contributed by atoms with Crippen LogP contribution in [0.25, 0.3) is 0 Å². The van der Waals surface area contributed by atoms with Gasteiger partial charge in [0.15, 0.2) is 0 Å². The molecule has 1 fully saturated rings. The molecule has 0 atom stereocenters. The minimum absolute atomic E-state index is 0.128. The summed E-state index contributed by atoms with van der Waals surface area (Å²) in [7, 11) is 0. The summed E-state index contributed by atoms with van der Waals surface area (Å²) in [6, 6.07) is 8.71. The van der Waals surface area contributed by atoms with Crippen molar-refractivity contribution in [1.29, 1.82) is 0 Å². The predicted octanol–water partition coefficient (Wildman–Crippen LogP) is 3.40. The molecule has 154 valence electrons. The molecule has 1 aromatic carbocycles. The number of rotatable bonds is 5. The maximum absolute atomic E-state index is 13.3. The minimum Gasteiger partial charge on any atom is -0.465 e. The Kier molecular flexibility index (Phi) is 5.88. The lowest BCUT2D eigenvalue weighted by Crippen LogP contribution is -2.48. The molecule has 5 nitrogen and oxygen atoms in total. The molecule has 29 heavy (non-hydrogen) atoms. The van der Waals surface area contributed by atoms with Crippen molar-refractivity contribution in [2.75, 3.05) is 39.3 Å². The lowest BCUT2D eigenvalue weighted by molar-refractivity contribution is 0.0646. The van der Waals surface area contributed by atoms with E-state index in [0.29, 0.717) is 0 Å². The summed E-state index contributed by atoms with van der Waals surface area (Å²) in [6.45, 7) is 14.7. The van der Waals surface area contributed by atoms with Crippen molar-refractivity contribution < 1.29 is 9.21 Å². The third-order valence-corrected chi connectivity index (χ3v) is 6.09. The van der Waals surface area contributed by atoms with Gasteiger partial charge in [-0.1, -0.05) is 35.9 Å². The van der Waals surface area contributed by atoms with Gasteiger partial charge in [0.25, 0.3) is 5.91 Å². The molecule has 0 aliphatic carbocycles. The molecule has 1 saturated heterocycles. The van der Waals surface area contributed by atoms with Gasteiger partial charge in [0.1, 0.15) is 11.5 Å². The van der Waals surface area contributed by atoms with Crippen molar-refractivity contribution in [3.8, 4) is 0 Å². The van der Waals surface area contributed by atoms with Crippen LogP contribution in [0.3, 0.4) is 0 Å². The molecule has 2 aliphatic rings. The van der Waals surface area contributed by atoms with Gasteiger partial charge < -0.3 is 9.32 Å². The van der Waals surface area contributed by atoms with Gasteiger partial charge in [0.2, 0.25) is 0 Å². The van der Waals surface area contributed by atoms with Gasteiger partial charge in [-0.2, -0.15) is 0 Å². The van der Waals surface area contributed by atoms with Gasteiger partial charge in [-0.3, -0.25) is 14.6 Å². The van der Waals surface area contributed by atoms with E-state index in [1.807, 2.05) is 17.9 Å². The van der Waals surface area contributed by atoms with E-state index < -0.39 is 0 Å². The highest BCUT2D eigenvalue weighted by atomic mass is 16.3. The third kappa shape index (κ3) is 4.31. The number of carbonyl (C=O) groups excluding carboxylic acids is 1. The number of benzene rings is 1. The first kappa shape index (κ1) is 19.9. The van der Waals surface area contributed by atoms with Crippen molar-refractivity contribution in [2.45, 2.75) is 33.4 Å². The lowest BCUT2D eigenvalue weighted by atomic mass is 10.0. The monoisotopic (exact) mass is 393 g/mol. The van der Waals surface area contributed by atoms with Gasteiger partial charge >= 0.3 is 0 Å². The summed E-state index contributed by atoms with van der Waals surface area (Å²) in [5, 5.41) is 0. The highest BCUT2D eigenvalue weighted by Crippen LogP contribution is 2.30. The Morgan fingerprint density at radius 2 is 1.79 bits per heavy atom. The van der Waals surface area contributed by atoms with Crippen molar-refractivity contribution in [3.63, 3.8) is 0 Å². The fourth-order valence-electron chi connectivity index (χ4n) is 4.42. The van der Waals surface area contributed by atoms with Gasteiger partial charge in [0, 0.05) is 64.3 Å². The maximum atomic E-state index is 13.3. The van der Waals surface area contributed by atoms with Crippen LogP contribution in [0.15, 0.2) is 41.3 Å². The standard InChI is InChI=1S/C24H31N3O2/c1-4-10-25-12-14-27(15-13-25)24(28)23-19(3)29-22-9-11-26(17-21(22)23)16-20-7-5-18(2)6-8-20/h4-8H,1,9-17H2,2-3H3. The molecule has 0 spiro atoms. The third-order valence-electron chi connectivity index (χ3n) is 6.09. The predicted molar refractivity (Wildman–Crippen MR) is 115 cm³/mol. The van der Waals surface area contributed by atoms with E-state index in [9.17, 15) is 4.79 Å². The van der Waals surface area contributed by atoms with Crippen LogP contribution in [0.1, 0.15) is 38.6 Å². The topological polar surface area (TPSA) is 39.9 Å². The second-order valence-corrected chi connectivity index (χ2v) is 8.26. The smallest absolute Gasteiger partial charge is 0.257 e. The first-order chi connectivity index (χ1) is 14.0. The quantitative estimate of drug-likeness (QED) is 0.730. The fraction of sp³-hybridized carbons (Fsp3) is 0.458. The normalized spacial score (nSPS) is 17.9. The summed E-state index contributed by atoms with van der Waals surface area (Å²) in [5.41, 5.74) is 4.48. The van der Waals surface area contributed by atoms with Crippen LogP contribution in [0.5, 0.6) is 0 Å². The Bertz CT molecular complexity index is 876. The number of furan rings is 1. The fourth-order valence-corrected chi connectivity index (χ4v) is 4.42.